The highest BCUT2D eigenvalue weighted by Crippen LogP contribution is 2.31. The van der Waals surface area contributed by atoms with E-state index in [0.717, 1.165) is 0 Å². The van der Waals surface area contributed by atoms with Crippen LogP contribution in [0.1, 0.15) is 43.7 Å². The quantitative estimate of drug-likeness (QED) is 0.767. The van der Waals surface area contributed by atoms with E-state index in [1.807, 2.05) is 6.20 Å². The minimum Gasteiger partial charge on any atom is -0.330 e. The van der Waals surface area contributed by atoms with Crippen molar-refractivity contribution in [2.45, 2.75) is 38.1 Å². The van der Waals surface area contributed by atoms with Gasteiger partial charge in [-0.25, -0.2) is 0 Å². The molecule has 0 saturated heterocycles. The molecule has 72 valence electrons. The lowest BCUT2D eigenvalue weighted by Gasteiger charge is -2.25. The van der Waals surface area contributed by atoms with Gasteiger partial charge in [0.05, 0.1) is 12.2 Å². The molecule has 1 aliphatic rings. The van der Waals surface area contributed by atoms with Gasteiger partial charge in [0.1, 0.15) is 0 Å². The van der Waals surface area contributed by atoms with Crippen LogP contribution in [0.5, 0.6) is 0 Å². The maximum absolute atomic E-state index is 5.60. The molecule has 0 aliphatic heterocycles. The molecule has 1 aromatic rings. The summed E-state index contributed by atoms with van der Waals surface area (Å²) in [5, 5.41) is 4.37. The zero-order valence-electron chi connectivity index (χ0n) is 8.11. The summed E-state index contributed by atoms with van der Waals surface area (Å²) >= 11 is 0. The van der Waals surface area contributed by atoms with Crippen LogP contribution in [-0.4, -0.2) is 16.3 Å². The van der Waals surface area contributed by atoms with Crippen molar-refractivity contribution in [3.8, 4) is 0 Å². The lowest BCUT2D eigenvalue weighted by Crippen LogP contribution is -2.17. The molecule has 1 atom stereocenters. The highest BCUT2D eigenvalue weighted by molar-refractivity contribution is 5.11. The third-order valence-electron chi connectivity index (χ3n) is 2.99. The molecule has 0 aromatic carbocycles. The molecule has 1 saturated carbocycles. The Labute approximate surface area is 78.9 Å². The lowest BCUT2D eigenvalue weighted by atomic mass is 9.93. The van der Waals surface area contributed by atoms with Gasteiger partial charge in [-0.15, -0.1) is 0 Å². The maximum atomic E-state index is 5.60. The average molecular weight is 179 g/mol. The van der Waals surface area contributed by atoms with Gasteiger partial charge in [-0.05, 0) is 37.3 Å². The van der Waals surface area contributed by atoms with E-state index < -0.39 is 0 Å². The first-order valence-electron chi connectivity index (χ1n) is 5.05. The van der Waals surface area contributed by atoms with Crippen molar-refractivity contribution in [2.75, 3.05) is 6.54 Å². The fourth-order valence-corrected chi connectivity index (χ4v) is 1.59. The SMILES string of the molecule is CC(CN)c1cnn(C2CCC2)c1. The van der Waals surface area contributed by atoms with E-state index in [-0.39, 0.29) is 0 Å². The van der Waals surface area contributed by atoms with E-state index in [4.69, 9.17) is 5.73 Å². The summed E-state index contributed by atoms with van der Waals surface area (Å²) in [5.41, 5.74) is 6.87. The van der Waals surface area contributed by atoms with Crippen LogP contribution in [0, 0.1) is 0 Å². The minimum absolute atomic E-state index is 0.439. The molecule has 1 unspecified atom stereocenters. The van der Waals surface area contributed by atoms with E-state index in [2.05, 4.69) is 22.9 Å². The minimum atomic E-state index is 0.439. The molecule has 0 amide bonds. The second-order valence-electron chi connectivity index (χ2n) is 3.98. The molecular formula is C10H17N3. The van der Waals surface area contributed by atoms with Crippen molar-refractivity contribution in [2.24, 2.45) is 5.73 Å². The van der Waals surface area contributed by atoms with Crippen molar-refractivity contribution in [1.29, 1.82) is 0 Å². The second kappa shape index (κ2) is 3.50. The van der Waals surface area contributed by atoms with Crippen LogP contribution in [0.15, 0.2) is 12.4 Å². The molecule has 3 nitrogen and oxygen atoms in total. The van der Waals surface area contributed by atoms with E-state index >= 15 is 0 Å². The molecule has 1 aliphatic carbocycles. The van der Waals surface area contributed by atoms with Crippen LogP contribution < -0.4 is 5.73 Å². The summed E-state index contributed by atoms with van der Waals surface area (Å²) in [6, 6.07) is 0.665. The van der Waals surface area contributed by atoms with Crippen molar-refractivity contribution in [3.63, 3.8) is 0 Å². The molecule has 1 heterocycles. The van der Waals surface area contributed by atoms with Gasteiger partial charge in [-0.1, -0.05) is 6.92 Å². The number of hydrogen-bond acceptors (Lipinski definition) is 2. The Hall–Kier alpha value is -0.830. The van der Waals surface area contributed by atoms with Gasteiger partial charge in [0, 0.05) is 6.20 Å². The van der Waals surface area contributed by atoms with Crippen LogP contribution in [0.4, 0.5) is 0 Å². The predicted octanol–water partition coefficient (Wildman–Crippen LogP) is 1.67. The van der Waals surface area contributed by atoms with Crippen LogP contribution in [0.3, 0.4) is 0 Å². The summed E-state index contributed by atoms with van der Waals surface area (Å²) in [6.07, 6.45) is 8.04. The van der Waals surface area contributed by atoms with Crippen LogP contribution >= 0.6 is 0 Å². The van der Waals surface area contributed by atoms with Crippen LogP contribution in [-0.2, 0) is 0 Å². The Morgan fingerprint density at radius 1 is 1.69 bits per heavy atom. The molecule has 13 heavy (non-hydrogen) atoms. The highest BCUT2D eigenvalue weighted by Gasteiger charge is 2.20. The smallest absolute Gasteiger partial charge is 0.0525 e. The molecule has 0 spiro atoms. The number of hydrogen-bond donors (Lipinski definition) is 1. The molecule has 0 bridgehead atoms. The van der Waals surface area contributed by atoms with Gasteiger partial charge < -0.3 is 5.73 Å². The maximum Gasteiger partial charge on any atom is 0.0525 e. The van der Waals surface area contributed by atoms with E-state index in [0.29, 0.717) is 18.5 Å². The lowest BCUT2D eigenvalue weighted by molar-refractivity contribution is 0.289. The Bertz CT molecular complexity index is 256. The number of rotatable bonds is 3. The van der Waals surface area contributed by atoms with Gasteiger partial charge in [0.25, 0.3) is 0 Å². The van der Waals surface area contributed by atoms with Gasteiger partial charge in [0.15, 0.2) is 0 Å². The topological polar surface area (TPSA) is 43.8 Å². The van der Waals surface area contributed by atoms with Crippen molar-refractivity contribution in [3.05, 3.63) is 18.0 Å². The number of nitrogens with zero attached hydrogens (tertiary/aromatic N) is 2. The Balaban J connectivity index is 2.08. The Morgan fingerprint density at radius 3 is 3.00 bits per heavy atom. The fourth-order valence-electron chi connectivity index (χ4n) is 1.59. The zero-order valence-corrected chi connectivity index (χ0v) is 8.11. The average Bonchev–Trinajstić information content (AvgIpc) is 2.49. The Kier molecular flexibility index (Phi) is 2.36. The first kappa shape index (κ1) is 8.75. The summed E-state index contributed by atoms with van der Waals surface area (Å²) in [4.78, 5) is 0. The molecule has 2 rings (SSSR count). The molecule has 0 radical (unpaired) electrons. The Morgan fingerprint density at radius 2 is 2.46 bits per heavy atom. The standard InChI is InChI=1S/C10H17N3/c1-8(5-11)9-6-12-13(7-9)10-3-2-4-10/h6-8,10H,2-5,11H2,1H3. The predicted molar refractivity (Wildman–Crippen MR) is 52.6 cm³/mol. The van der Waals surface area contributed by atoms with Crippen molar-refractivity contribution < 1.29 is 0 Å². The van der Waals surface area contributed by atoms with E-state index in [1.165, 1.54) is 24.8 Å². The highest BCUT2D eigenvalue weighted by atomic mass is 15.3. The number of nitrogens with two attached hydrogens (primary N) is 1. The monoisotopic (exact) mass is 179 g/mol. The van der Waals surface area contributed by atoms with Crippen LogP contribution in [0.25, 0.3) is 0 Å². The molecule has 1 aromatic heterocycles. The summed E-state index contributed by atoms with van der Waals surface area (Å²) in [6.45, 7) is 2.85. The first-order valence-corrected chi connectivity index (χ1v) is 5.05. The third kappa shape index (κ3) is 1.61. The molecule has 3 heteroatoms. The number of aromatic nitrogens is 2. The van der Waals surface area contributed by atoms with Crippen LogP contribution in [0.2, 0.25) is 0 Å². The summed E-state index contributed by atoms with van der Waals surface area (Å²) in [7, 11) is 0. The fraction of sp³-hybridized carbons (Fsp3) is 0.700. The molecular weight excluding hydrogens is 162 g/mol. The van der Waals surface area contributed by atoms with E-state index in [9.17, 15) is 0 Å². The molecule has 2 N–H and O–H groups in total. The van der Waals surface area contributed by atoms with E-state index in [1.54, 1.807) is 0 Å². The third-order valence-corrected chi connectivity index (χ3v) is 2.99. The normalized spacial score (nSPS) is 19.8. The van der Waals surface area contributed by atoms with Crippen molar-refractivity contribution >= 4 is 0 Å². The first-order chi connectivity index (χ1) is 6.31. The van der Waals surface area contributed by atoms with Gasteiger partial charge in [-0.3, -0.25) is 4.68 Å². The molecule has 1 fully saturated rings. The van der Waals surface area contributed by atoms with Gasteiger partial charge in [-0.2, -0.15) is 5.10 Å². The summed E-state index contributed by atoms with van der Waals surface area (Å²) < 4.78 is 2.10. The van der Waals surface area contributed by atoms with Gasteiger partial charge in [0.2, 0.25) is 0 Å². The zero-order chi connectivity index (χ0) is 9.26. The van der Waals surface area contributed by atoms with Gasteiger partial charge >= 0.3 is 0 Å². The van der Waals surface area contributed by atoms with Crippen molar-refractivity contribution in [1.82, 2.24) is 9.78 Å². The summed E-state index contributed by atoms with van der Waals surface area (Å²) in [5.74, 6) is 0.439. The second-order valence-corrected chi connectivity index (χ2v) is 3.98. The largest absolute Gasteiger partial charge is 0.330 e.